The van der Waals surface area contributed by atoms with Crippen LogP contribution < -0.4 is 10.0 Å². The zero-order valence-corrected chi connectivity index (χ0v) is 16.5. The van der Waals surface area contributed by atoms with E-state index in [-0.39, 0.29) is 42.8 Å². The Kier molecular flexibility index (Phi) is 6.28. The van der Waals surface area contributed by atoms with Crippen LogP contribution in [0.5, 0.6) is 0 Å². The molecular weight excluding hydrogens is 431 g/mol. The summed E-state index contributed by atoms with van der Waals surface area (Å²) in [6, 6.07) is 0.517. The third kappa shape index (κ3) is 5.25. The van der Waals surface area contributed by atoms with E-state index >= 15 is 0 Å². The SMILES string of the molecule is Cc1ncc(C(F)(F)F)cc1Nc1nc(C(=O)NS(=O)(=O)N2CCCOCC2)co1. The molecule has 0 radical (unpaired) electrons. The standard InChI is InChI=1S/C16H18F3N5O5S/c1-10-12(7-11(8-20-10)16(17,18)19)21-15-22-13(9-29-15)14(25)23-30(26,27)24-3-2-5-28-6-4-24/h7-9H,2-6H2,1H3,(H,21,22)(H,23,25). The van der Waals surface area contributed by atoms with Crippen LogP contribution in [0.25, 0.3) is 0 Å². The van der Waals surface area contributed by atoms with Crippen molar-refractivity contribution in [2.75, 3.05) is 31.6 Å². The molecule has 164 valence electrons. The van der Waals surface area contributed by atoms with Crippen molar-refractivity contribution in [2.45, 2.75) is 19.5 Å². The summed E-state index contributed by atoms with van der Waals surface area (Å²) in [5.41, 5.74) is -1.15. The van der Waals surface area contributed by atoms with E-state index in [1.54, 1.807) is 0 Å². The molecule has 2 aromatic heterocycles. The van der Waals surface area contributed by atoms with Crippen molar-refractivity contribution < 1.29 is 35.5 Å². The summed E-state index contributed by atoms with van der Waals surface area (Å²) in [7, 11) is -4.12. The third-order valence-electron chi connectivity index (χ3n) is 4.14. The fourth-order valence-corrected chi connectivity index (χ4v) is 3.72. The van der Waals surface area contributed by atoms with E-state index in [0.29, 0.717) is 19.2 Å². The molecule has 3 heterocycles. The van der Waals surface area contributed by atoms with Crippen LogP contribution in [0, 0.1) is 6.92 Å². The van der Waals surface area contributed by atoms with E-state index in [2.05, 4.69) is 15.3 Å². The Bertz CT molecular complexity index is 1020. The molecule has 1 fully saturated rings. The fraction of sp³-hybridized carbons (Fsp3) is 0.438. The molecule has 30 heavy (non-hydrogen) atoms. The molecular formula is C16H18F3N5O5S. The largest absolute Gasteiger partial charge is 0.431 e. The predicted molar refractivity (Wildman–Crippen MR) is 97.2 cm³/mol. The molecule has 0 unspecified atom stereocenters. The fourth-order valence-electron chi connectivity index (χ4n) is 2.56. The molecule has 0 spiro atoms. The molecule has 14 heteroatoms. The molecule has 0 aromatic carbocycles. The summed E-state index contributed by atoms with van der Waals surface area (Å²) in [4.78, 5) is 19.7. The highest BCUT2D eigenvalue weighted by Crippen LogP contribution is 2.31. The van der Waals surface area contributed by atoms with Crippen LogP contribution >= 0.6 is 0 Å². The van der Waals surface area contributed by atoms with Gasteiger partial charge in [-0.2, -0.15) is 30.9 Å². The van der Waals surface area contributed by atoms with Crippen LogP contribution in [0.15, 0.2) is 22.9 Å². The molecule has 1 amide bonds. The number of nitrogens with zero attached hydrogens (tertiary/aromatic N) is 3. The van der Waals surface area contributed by atoms with E-state index in [4.69, 9.17) is 9.15 Å². The Labute approximate surface area is 169 Å². The van der Waals surface area contributed by atoms with Gasteiger partial charge in [-0.1, -0.05) is 0 Å². The average Bonchev–Trinajstić information content (AvgIpc) is 2.94. The summed E-state index contributed by atoms with van der Waals surface area (Å²) in [5.74, 6) is -1.05. The molecule has 0 bridgehead atoms. The Morgan fingerprint density at radius 2 is 2.03 bits per heavy atom. The number of hydrogen-bond donors (Lipinski definition) is 2. The van der Waals surface area contributed by atoms with Gasteiger partial charge in [0.1, 0.15) is 6.26 Å². The average molecular weight is 449 g/mol. The van der Waals surface area contributed by atoms with Crippen LogP contribution in [-0.2, 0) is 21.1 Å². The first kappa shape index (κ1) is 22.0. The second-order valence-electron chi connectivity index (χ2n) is 6.32. The third-order valence-corrected chi connectivity index (χ3v) is 5.62. The molecule has 0 saturated carbocycles. The zero-order valence-electron chi connectivity index (χ0n) is 15.7. The van der Waals surface area contributed by atoms with Gasteiger partial charge >= 0.3 is 16.4 Å². The number of oxazole rings is 1. The predicted octanol–water partition coefficient (Wildman–Crippen LogP) is 1.84. The molecule has 0 atom stereocenters. The second-order valence-corrected chi connectivity index (χ2v) is 7.99. The van der Waals surface area contributed by atoms with Crippen LogP contribution in [0.3, 0.4) is 0 Å². The highest BCUT2D eigenvalue weighted by molar-refractivity contribution is 7.87. The molecule has 0 aliphatic carbocycles. The number of aryl methyl sites for hydroxylation is 1. The van der Waals surface area contributed by atoms with Gasteiger partial charge in [-0.15, -0.1) is 0 Å². The van der Waals surface area contributed by atoms with Gasteiger partial charge in [-0.25, -0.2) is 4.72 Å². The Morgan fingerprint density at radius 1 is 1.27 bits per heavy atom. The first-order chi connectivity index (χ1) is 14.1. The molecule has 1 aliphatic rings. The number of anilines is 2. The highest BCUT2D eigenvalue weighted by atomic mass is 32.2. The first-order valence-electron chi connectivity index (χ1n) is 8.72. The minimum absolute atomic E-state index is 0.0316. The summed E-state index contributed by atoms with van der Waals surface area (Å²) in [6.45, 7) is 2.38. The van der Waals surface area contributed by atoms with Crippen molar-refractivity contribution in [3.8, 4) is 0 Å². The van der Waals surface area contributed by atoms with Gasteiger partial charge in [0.25, 0.3) is 11.9 Å². The number of rotatable bonds is 5. The minimum atomic E-state index is -4.59. The lowest BCUT2D eigenvalue weighted by Crippen LogP contribution is -2.44. The number of alkyl halides is 3. The summed E-state index contributed by atoms with van der Waals surface area (Å²) < 4.78 is 76.4. The van der Waals surface area contributed by atoms with Crippen LogP contribution in [0.1, 0.15) is 28.2 Å². The maximum absolute atomic E-state index is 12.9. The Balaban J connectivity index is 1.71. The molecule has 1 saturated heterocycles. The normalized spacial score (nSPS) is 16.1. The monoisotopic (exact) mass is 449 g/mol. The van der Waals surface area contributed by atoms with E-state index in [1.807, 2.05) is 4.72 Å². The zero-order chi connectivity index (χ0) is 21.9. The van der Waals surface area contributed by atoms with Crippen molar-refractivity contribution in [1.82, 2.24) is 19.0 Å². The van der Waals surface area contributed by atoms with E-state index in [9.17, 15) is 26.4 Å². The van der Waals surface area contributed by atoms with Crippen molar-refractivity contribution >= 4 is 27.8 Å². The van der Waals surface area contributed by atoms with Gasteiger partial charge in [0, 0.05) is 25.9 Å². The molecule has 2 aromatic rings. The number of carbonyl (C=O) groups is 1. The summed E-state index contributed by atoms with van der Waals surface area (Å²) in [5, 5.41) is 2.50. The lowest BCUT2D eigenvalue weighted by Gasteiger charge is -2.18. The number of amides is 1. The number of hydrogen-bond acceptors (Lipinski definition) is 8. The lowest BCUT2D eigenvalue weighted by atomic mass is 10.2. The van der Waals surface area contributed by atoms with Gasteiger partial charge in [-0.3, -0.25) is 9.78 Å². The molecule has 2 N–H and O–H groups in total. The maximum atomic E-state index is 12.9. The van der Waals surface area contributed by atoms with Gasteiger partial charge in [0.2, 0.25) is 0 Å². The molecule has 1 aliphatic heterocycles. The van der Waals surface area contributed by atoms with E-state index in [1.165, 1.54) is 6.92 Å². The number of aromatic nitrogens is 2. The van der Waals surface area contributed by atoms with Crippen LogP contribution in [0.4, 0.5) is 24.9 Å². The molecule has 10 nitrogen and oxygen atoms in total. The minimum Gasteiger partial charge on any atom is -0.431 e. The van der Waals surface area contributed by atoms with Crippen LogP contribution in [-0.4, -0.2) is 54.9 Å². The van der Waals surface area contributed by atoms with E-state index in [0.717, 1.165) is 16.6 Å². The van der Waals surface area contributed by atoms with Crippen molar-refractivity contribution in [3.63, 3.8) is 0 Å². The second kappa shape index (κ2) is 8.57. The summed E-state index contributed by atoms with van der Waals surface area (Å²) in [6.07, 6.45) is -2.54. The summed E-state index contributed by atoms with van der Waals surface area (Å²) >= 11 is 0. The highest BCUT2D eigenvalue weighted by Gasteiger charge is 2.32. The lowest BCUT2D eigenvalue weighted by molar-refractivity contribution is -0.137. The molecule has 3 rings (SSSR count). The smallest absolute Gasteiger partial charge is 0.417 e. The van der Waals surface area contributed by atoms with E-state index < -0.39 is 27.9 Å². The van der Waals surface area contributed by atoms with Gasteiger partial charge in [-0.05, 0) is 19.4 Å². The number of halogens is 3. The number of carbonyl (C=O) groups excluding carboxylic acids is 1. The number of nitrogens with one attached hydrogen (secondary N) is 2. The van der Waals surface area contributed by atoms with Crippen molar-refractivity contribution in [3.05, 3.63) is 35.5 Å². The van der Waals surface area contributed by atoms with Gasteiger partial charge in [0.15, 0.2) is 5.69 Å². The first-order valence-corrected chi connectivity index (χ1v) is 10.2. The number of ether oxygens (including phenoxy) is 1. The Morgan fingerprint density at radius 3 is 2.77 bits per heavy atom. The Hall–Kier alpha value is -2.71. The van der Waals surface area contributed by atoms with Gasteiger partial charge < -0.3 is 14.5 Å². The van der Waals surface area contributed by atoms with Crippen molar-refractivity contribution in [1.29, 1.82) is 0 Å². The van der Waals surface area contributed by atoms with Crippen molar-refractivity contribution in [2.24, 2.45) is 0 Å². The maximum Gasteiger partial charge on any atom is 0.417 e. The topological polar surface area (TPSA) is 127 Å². The quantitative estimate of drug-likeness (QED) is 0.708. The van der Waals surface area contributed by atoms with Gasteiger partial charge in [0.05, 0.1) is 23.6 Å². The van der Waals surface area contributed by atoms with Crippen LogP contribution in [0.2, 0.25) is 0 Å². The number of pyridine rings is 1.